The van der Waals surface area contributed by atoms with Crippen LogP contribution in [0.5, 0.6) is 0 Å². The van der Waals surface area contributed by atoms with Crippen LogP contribution in [0.3, 0.4) is 0 Å². The molecule has 0 saturated carbocycles. The minimum atomic E-state index is 0.138. The van der Waals surface area contributed by atoms with E-state index in [2.05, 4.69) is 15.0 Å². The zero-order valence-electron chi connectivity index (χ0n) is 10.5. The molecule has 0 bridgehead atoms. The van der Waals surface area contributed by atoms with Crippen LogP contribution in [0.4, 0.5) is 0 Å². The normalized spacial score (nSPS) is 19.1. The molecule has 0 radical (unpaired) electrons. The Bertz CT molecular complexity index is 506. The molecule has 1 unspecified atom stereocenters. The largest absolute Gasteiger partial charge is 0.337 e. The topological polar surface area (TPSA) is 82.0 Å². The highest BCUT2D eigenvalue weighted by Gasteiger charge is 2.29. The number of rotatable bonds is 4. The van der Waals surface area contributed by atoms with Crippen molar-refractivity contribution in [3.05, 3.63) is 26.0 Å². The fourth-order valence-electron chi connectivity index (χ4n) is 2.17. The molecule has 18 heavy (non-hydrogen) atoms. The van der Waals surface area contributed by atoms with Gasteiger partial charge in [0, 0.05) is 29.3 Å². The molecule has 1 saturated heterocycles. The molecule has 1 aliphatic heterocycles. The number of hydrogen-bond acceptors (Lipinski definition) is 4. The van der Waals surface area contributed by atoms with Crippen LogP contribution in [0.2, 0.25) is 0 Å². The van der Waals surface area contributed by atoms with Crippen molar-refractivity contribution in [1.29, 1.82) is 0 Å². The minimum Gasteiger partial charge on any atom is -0.337 e. The fraction of sp³-hybridized carbons (Fsp3) is 0.636. The zero-order valence-corrected chi connectivity index (χ0v) is 11.3. The second kappa shape index (κ2) is 5.37. The number of likely N-dealkylation sites (tertiary alicyclic amines) is 1. The van der Waals surface area contributed by atoms with Crippen LogP contribution in [-0.2, 0) is 11.3 Å². The Morgan fingerprint density at radius 3 is 3.00 bits per heavy atom. The van der Waals surface area contributed by atoms with Crippen molar-refractivity contribution in [2.45, 2.75) is 26.8 Å². The van der Waals surface area contributed by atoms with Crippen molar-refractivity contribution in [3.8, 4) is 0 Å². The van der Waals surface area contributed by atoms with Crippen molar-refractivity contribution >= 4 is 17.2 Å². The first-order chi connectivity index (χ1) is 8.60. The van der Waals surface area contributed by atoms with E-state index in [1.54, 1.807) is 11.3 Å². The van der Waals surface area contributed by atoms with Gasteiger partial charge in [-0.1, -0.05) is 5.11 Å². The van der Waals surface area contributed by atoms with E-state index in [0.29, 0.717) is 26.1 Å². The lowest BCUT2D eigenvalue weighted by Gasteiger charge is -2.15. The average molecular weight is 265 g/mol. The van der Waals surface area contributed by atoms with Gasteiger partial charge in [-0.3, -0.25) is 4.79 Å². The van der Waals surface area contributed by atoms with E-state index in [1.165, 1.54) is 0 Å². The Kier molecular flexibility index (Phi) is 3.84. The molecule has 2 rings (SSSR count). The minimum absolute atomic E-state index is 0.138. The van der Waals surface area contributed by atoms with Crippen LogP contribution in [0.25, 0.3) is 10.4 Å². The number of amides is 1. The van der Waals surface area contributed by atoms with Gasteiger partial charge in [-0.2, -0.15) is 0 Å². The molecular weight excluding hydrogens is 250 g/mol. The monoisotopic (exact) mass is 265 g/mol. The van der Waals surface area contributed by atoms with Gasteiger partial charge in [0.25, 0.3) is 0 Å². The Hall–Kier alpha value is -1.59. The molecule has 1 aromatic rings. The molecule has 96 valence electrons. The average Bonchev–Trinajstić information content (AvgIpc) is 2.81. The maximum absolute atomic E-state index is 11.8. The van der Waals surface area contributed by atoms with Gasteiger partial charge >= 0.3 is 0 Å². The summed E-state index contributed by atoms with van der Waals surface area (Å²) in [6.07, 6.45) is 0.482. The molecule has 1 aliphatic rings. The molecule has 0 aliphatic carbocycles. The van der Waals surface area contributed by atoms with E-state index >= 15 is 0 Å². The molecule has 0 spiro atoms. The van der Waals surface area contributed by atoms with Crippen LogP contribution in [0.1, 0.15) is 22.0 Å². The number of aryl methyl sites for hydroxylation is 2. The van der Waals surface area contributed by atoms with Crippen LogP contribution >= 0.6 is 11.3 Å². The van der Waals surface area contributed by atoms with Gasteiger partial charge < -0.3 is 4.90 Å². The van der Waals surface area contributed by atoms with Crippen molar-refractivity contribution in [3.63, 3.8) is 0 Å². The summed E-state index contributed by atoms with van der Waals surface area (Å²) >= 11 is 1.64. The quantitative estimate of drug-likeness (QED) is 0.476. The number of carbonyl (C=O) groups is 1. The number of aromatic nitrogens is 1. The number of thiazole rings is 1. The predicted octanol–water partition coefficient (Wildman–Crippen LogP) is 2.42. The second-order valence-corrected chi connectivity index (χ2v) is 5.79. The van der Waals surface area contributed by atoms with Crippen molar-refractivity contribution in [1.82, 2.24) is 9.88 Å². The molecule has 2 heterocycles. The number of nitrogens with zero attached hydrogens (tertiary/aromatic N) is 5. The summed E-state index contributed by atoms with van der Waals surface area (Å²) in [5.41, 5.74) is 9.29. The van der Waals surface area contributed by atoms with Crippen molar-refractivity contribution < 1.29 is 4.79 Å². The summed E-state index contributed by atoms with van der Waals surface area (Å²) in [6.45, 7) is 5.64. The maximum Gasteiger partial charge on any atom is 0.223 e. The van der Waals surface area contributed by atoms with Crippen LogP contribution < -0.4 is 0 Å². The lowest BCUT2D eigenvalue weighted by molar-refractivity contribution is -0.128. The third kappa shape index (κ3) is 2.80. The van der Waals surface area contributed by atoms with Crippen molar-refractivity contribution in [2.75, 3.05) is 13.1 Å². The van der Waals surface area contributed by atoms with E-state index in [0.717, 1.165) is 15.6 Å². The van der Waals surface area contributed by atoms with Gasteiger partial charge in [-0.15, -0.1) is 11.3 Å². The van der Waals surface area contributed by atoms with E-state index in [-0.39, 0.29) is 11.8 Å². The zero-order chi connectivity index (χ0) is 13.1. The Morgan fingerprint density at radius 2 is 2.39 bits per heavy atom. The Labute approximate surface area is 109 Å². The predicted molar refractivity (Wildman–Crippen MR) is 69.1 cm³/mol. The van der Waals surface area contributed by atoms with Gasteiger partial charge in [-0.05, 0) is 25.3 Å². The lowest BCUT2D eigenvalue weighted by atomic mass is 10.1. The summed E-state index contributed by atoms with van der Waals surface area (Å²) in [5.74, 6) is 0.293. The second-order valence-electron chi connectivity index (χ2n) is 4.50. The third-order valence-corrected chi connectivity index (χ3v) is 4.09. The molecule has 1 fully saturated rings. The highest BCUT2D eigenvalue weighted by atomic mass is 32.1. The Morgan fingerprint density at radius 1 is 1.61 bits per heavy atom. The molecule has 1 atom stereocenters. The van der Waals surface area contributed by atoms with Gasteiger partial charge in [0.1, 0.15) is 0 Å². The first-order valence-corrected chi connectivity index (χ1v) is 6.63. The molecule has 1 amide bonds. The fourth-order valence-corrected chi connectivity index (χ4v) is 3.13. The number of hydrogen-bond donors (Lipinski definition) is 0. The maximum atomic E-state index is 11.8. The third-order valence-electron chi connectivity index (χ3n) is 3.03. The van der Waals surface area contributed by atoms with Crippen LogP contribution in [0.15, 0.2) is 5.11 Å². The van der Waals surface area contributed by atoms with E-state index in [9.17, 15) is 4.79 Å². The standard InChI is InChI=1S/C11H15N5OS/c1-7-10(18-8(2)14-7)6-16-5-9(3-11(16)17)4-13-15-12/h9H,3-6H2,1-2H3. The molecule has 6 nitrogen and oxygen atoms in total. The molecular formula is C11H15N5OS. The SMILES string of the molecule is Cc1nc(C)c(CN2CC(CN=[N+]=[N-])CC2=O)s1. The Balaban J connectivity index is 2.00. The van der Waals surface area contributed by atoms with Gasteiger partial charge in [0.2, 0.25) is 5.91 Å². The lowest BCUT2D eigenvalue weighted by Crippen LogP contribution is -2.24. The smallest absolute Gasteiger partial charge is 0.223 e. The molecule has 0 N–H and O–H groups in total. The number of carbonyl (C=O) groups excluding carboxylic acids is 1. The van der Waals surface area contributed by atoms with E-state index in [4.69, 9.17) is 5.53 Å². The molecule has 1 aromatic heterocycles. The van der Waals surface area contributed by atoms with Crippen LogP contribution in [-0.4, -0.2) is 28.9 Å². The first kappa shape index (κ1) is 12.9. The van der Waals surface area contributed by atoms with Gasteiger partial charge in [0.15, 0.2) is 0 Å². The van der Waals surface area contributed by atoms with Gasteiger partial charge in [0.05, 0.1) is 17.2 Å². The van der Waals surface area contributed by atoms with Crippen LogP contribution in [0, 0.1) is 19.8 Å². The molecule has 0 aromatic carbocycles. The summed E-state index contributed by atoms with van der Waals surface area (Å²) in [6, 6.07) is 0. The first-order valence-electron chi connectivity index (χ1n) is 5.81. The van der Waals surface area contributed by atoms with Gasteiger partial charge in [-0.25, -0.2) is 4.98 Å². The van der Waals surface area contributed by atoms with E-state index in [1.807, 2.05) is 18.7 Å². The molecule has 7 heteroatoms. The summed E-state index contributed by atoms with van der Waals surface area (Å²) in [4.78, 5) is 21.9. The summed E-state index contributed by atoms with van der Waals surface area (Å²) in [7, 11) is 0. The van der Waals surface area contributed by atoms with Crippen molar-refractivity contribution in [2.24, 2.45) is 11.0 Å². The highest BCUT2D eigenvalue weighted by molar-refractivity contribution is 7.11. The number of azide groups is 1. The highest BCUT2D eigenvalue weighted by Crippen LogP contribution is 2.24. The summed E-state index contributed by atoms with van der Waals surface area (Å²) < 4.78 is 0. The summed E-state index contributed by atoms with van der Waals surface area (Å²) in [5, 5.41) is 4.57. The van der Waals surface area contributed by atoms with E-state index < -0.39 is 0 Å².